The van der Waals surface area contributed by atoms with E-state index in [-0.39, 0.29) is 16.8 Å². The van der Waals surface area contributed by atoms with Crippen LogP contribution in [0.2, 0.25) is 0 Å². The van der Waals surface area contributed by atoms with Gasteiger partial charge in [0.25, 0.3) is 0 Å². The van der Waals surface area contributed by atoms with E-state index in [9.17, 15) is 8.42 Å². The van der Waals surface area contributed by atoms with Gasteiger partial charge in [0.05, 0.1) is 12.4 Å². The molecule has 0 radical (unpaired) electrons. The summed E-state index contributed by atoms with van der Waals surface area (Å²) in [4.78, 5) is 7.70. The van der Waals surface area contributed by atoms with E-state index in [0.717, 1.165) is 12.0 Å². The molecule has 5 nitrogen and oxygen atoms in total. The molecule has 0 N–H and O–H groups in total. The molecule has 0 saturated carbocycles. The lowest BCUT2D eigenvalue weighted by Crippen LogP contribution is -2.18. The third-order valence-corrected chi connectivity index (χ3v) is 4.19. The smallest absolute Gasteiger partial charge is 0.247 e. The third-order valence-electron chi connectivity index (χ3n) is 2.51. The molecule has 0 amide bonds. The van der Waals surface area contributed by atoms with E-state index in [0.29, 0.717) is 13.2 Å². The highest BCUT2D eigenvalue weighted by molar-refractivity contribution is 7.91. The van der Waals surface area contributed by atoms with Crippen molar-refractivity contribution in [2.24, 2.45) is 5.92 Å². The first-order valence-electron chi connectivity index (χ1n) is 5.17. The normalized spacial score (nSPS) is 21.2. The molecule has 16 heavy (non-hydrogen) atoms. The van der Waals surface area contributed by atoms with Crippen molar-refractivity contribution in [1.82, 2.24) is 9.97 Å². The van der Waals surface area contributed by atoms with Gasteiger partial charge in [0.1, 0.15) is 0 Å². The summed E-state index contributed by atoms with van der Waals surface area (Å²) in [5.74, 6) is 0.158. The van der Waals surface area contributed by atoms with Gasteiger partial charge in [-0.05, 0) is 24.8 Å². The van der Waals surface area contributed by atoms with Gasteiger partial charge in [-0.15, -0.1) is 0 Å². The van der Waals surface area contributed by atoms with Gasteiger partial charge >= 0.3 is 0 Å². The van der Waals surface area contributed by atoms with Crippen LogP contribution in [0.1, 0.15) is 12.0 Å². The van der Waals surface area contributed by atoms with E-state index >= 15 is 0 Å². The van der Waals surface area contributed by atoms with Gasteiger partial charge in [0, 0.05) is 19.0 Å². The van der Waals surface area contributed by atoms with Crippen molar-refractivity contribution in [1.29, 1.82) is 0 Å². The standard InChI is InChI=1S/C10H14N2O3S/c1-8-4-11-10(12-5-8)16(13,14)7-9-2-3-15-6-9/h4-5,9H,2-3,6-7H2,1H3/t9-/m0/s1. The predicted molar refractivity (Wildman–Crippen MR) is 57.7 cm³/mol. The predicted octanol–water partition coefficient (Wildman–Crippen LogP) is 0.595. The minimum absolute atomic E-state index is 0.0786. The Labute approximate surface area is 94.8 Å². The van der Waals surface area contributed by atoms with Crippen molar-refractivity contribution in [3.63, 3.8) is 0 Å². The highest BCUT2D eigenvalue weighted by atomic mass is 32.2. The van der Waals surface area contributed by atoms with Crippen LogP contribution >= 0.6 is 0 Å². The first kappa shape index (κ1) is 11.5. The maximum atomic E-state index is 11.9. The first-order chi connectivity index (χ1) is 7.58. The molecule has 88 valence electrons. The SMILES string of the molecule is Cc1cnc(S(=O)(=O)C[C@H]2CCOC2)nc1. The van der Waals surface area contributed by atoms with Crippen LogP contribution in [0.3, 0.4) is 0 Å². The van der Waals surface area contributed by atoms with Crippen molar-refractivity contribution in [2.45, 2.75) is 18.5 Å². The molecule has 0 aliphatic carbocycles. The van der Waals surface area contributed by atoms with Gasteiger partial charge in [0.2, 0.25) is 15.0 Å². The van der Waals surface area contributed by atoms with Crippen molar-refractivity contribution < 1.29 is 13.2 Å². The molecule has 6 heteroatoms. The van der Waals surface area contributed by atoms with E-state index in [1.54, 1.807) is 0 Å². The van der Waals surface area contributed by atoms with Crippen LogP contribution < -0.4 is 0 Å². The molecule has 0 spiro atoms. The molecule has 1 aromatic rings. The van der Waals surface area contributed by atoms with Gasteiger partial charge < -0.3 is 4.74 Å². The van der Waals surface area contributed by atoms with Gasteiger partial charge in [-0.1, -0.05) is 0 Å². The van der Waals surface area contributed by atoms with Crippen LogP contribution in [-0.2, 0) is 14.6 Å². The third kappa shape index (κ3) is 2.56. The van der Waals surface area contributed by atoms with Gasteiger partial charge in [0.15, 0.2) is 0 Å². The highest BCUT2D eigenvalue weighted by Gasteiger charge is 2.26. The van der Waals surface area contributed by atoms with E-state index < -0.39 is 9.84 Å². The van der Waals surface area contributed by atoms with Crippen LogP contribution in [0.5, 0.6) is 0 Å². The van der Waals surface area contributed by atoms with E-state index in [4.69, 9.17) is 4.74 Å². The summed E-state index contributed by atoms with van der Waals surface area (Å²) in [6, 6.07) is 0. The second-order valence-corrected chi connectivity index (χ2v) is 5.98. The molecule has 1 fully saturated rings. The van der Waals surface area contributed by atoms with Crippen LogP contribution in [0.15, 0.2) is 17.6 Å². The van der Waals surface area contributed by atoms with Crippen LogP contribution in [0.4, 0.5) is 0 Å². The number of hydrogen-bond acceptors (Lipinski definition) is 5. The lowest BCUT2D eigenvalue weighted by molar-refractivity contribution is 0.188. The molecule has 0 bridgehead atoms. The van der Waals surface area contributed by atoms with Crippen molar-refractivity contribution >= 4 is 9.84 Å². The number of sulfone groups is 1. The van der Waals surface area contributed by atoms with E-state index in [2.05, 4.69) is 9.97 Å². The molecule has 1 aliphatic heterocycles. The molecule has 1 saturated heterocycles. The number of ether oxygens (including phenoxy) is 1. The zero-order valence-corrected chi connectivity index (χ0v) is 9.90. The van der Waals surface area contributed by atoms with Crippen LogP contribution in [0, 0.1) is 12.8 Å². The number of hydrogen-bond donors (Lipinski definition) is 0. The van der Waals surface area contributed by atoms with E-state index in [1.165, 1.54) is 12.4 Å². The average molecular weight is 242 g/mol. The van der Waals surface area contributed by atoms with Gasteiger partial charge in [-0.3, -0.25) is 0 Å². The Balaban J connectivity index is 2.14. The number of nitrogens with zero attached hydrogens (tertiary/aromatic N) is 2. The average Bonchev–Trinajstić information content (AvgIpc) is 2.70. The molecule has 2 rings (SSSR count). The Morgan fingerprint density at radius 3 is 2.69 bits per heavy atom. The molecule has 1 atom stereocenters. The highest BCUT2D eigenvalue weighted by Crippen LogP contribution is 2.17. The second-order valence-electron chi connectivity index (χ2n) is 4.05. The second kappa shape index (κ2) is 4.47. The minimum atomic E-state index is -3.36. The maximum absolute atomic E-state index is 11.9. The number of aromatic nitrogens is 2. The minimum Gasteiger partial charge on any atom is -0.381 e. The fourth-order valence-electron chi connectivity index (χ4n) is 1.64. The first-order valence-corrected chi connectivity index (χ1v) is 6.82. The number of rotatable bonds is 3. The molecule has 2 heterocycles. The molecule has 1 aromatic heterocycles. The summed E-state index contributed by atoms with van der Waals surface area (Å²) in [6.07, 6.45) is 3.83. The summed E-state index contributed by atoms with van der Waals surface area (Å²) in [6.45, 7) is 2.99. The van der Waals surface area contributed by atoms with Crippen molar-refractivity contribution in [3.8, 4) is 0 Å². The summed E-state index contributed by atoms with van der Waals surface area (Å²) >= 11 is 0. The topological polar surface area (TPSA) is 69.2 Å². The van der Waals surface area contributed by atoms with Gasteiger partial charge in [-0.2, -0.15) is 0 Å². The molecular weight excluding hydrogens is 228 g/mol. The quantitative estimate of drug-likeness (QED) is 0.726. The molecule has 0 aromatic carbocycles. The largest absolute Gasteiger partial charge is 0.381 e. The fourth-order valence-corrected chi connectivity index (χ4v) is 3.10. The summed E-state index contributed by atoms with van der Waals surface area (Å²) in [5.41, 5.74) is 0.850. The monoisotopic (exact) mass is 242 g/mol. The fraction of sp³-hybridized carbons (Fsp3) is 0.600. The lowest BCUT2D eigenvalue weighted by atomic mass is 10.2. The molecular formula is C10H14N2O3S. The maximum Gasteiger partial charge on any atom is 0.247 e. The van der Waals surface area contributed by atoms with Crippen molar-refractivity contribution in [3.05, 3.63) is 18.0 Å². The lowest BCUT2D eigenvalue weighted by Gasteiger charge is -2.07. The van der Waals surface area contributed by atoms with E-state index in [1.807, 2.05) is 6.92 Å². The summed E-state index contributed by atoms with van der Waals surface area (Å²) in [5, 5.41) is -0.0787. The summed E-state index contributed by atoms with van der Waals surface area (Å²) in [7, 11) is -3.36. The Kier molecular flexibility index (Phi) is 3.20. The Bertz CT molecular complexity index is 449. The van der Waals surface area contributed by atoms with Gasteiger partial charge in [-0.25, -0.2) is 18.4 Å². The molecule has 1 aliphatic rings. The Hall–Kier alpha value is -1.01. The summed E-state index contributed by atoms with van der Waals surface area (Å²) < 4.78 is 29.0. The van der Waals surface area contributed by atoms with Crippen LogP contribution in [-0.4, -0.2) is 37.4 Å². The number of aryl methyl sites for hydroxylation is 1. The van der Waals surface area contributed by atoms with Crippen molar-refractivity contribution in [2.75, 3.05) is 19.0 Å². The Morgan fingerprint density at radius 2 is 2.12 bits per heavy atom. The zero-order chi connectivity index (χ0) is 11.6. The zero-order valence-electron chi connectivity index (χ0n) is 9.09. The Morgan fingerprint density at radius 1 is 1.44 bits per heavy atom. The molecule has 0 unspecified atom stereocenters. The van der Waals surface area contributed by atoms with Crippen LogP contribution in [0.25, 0.3) is 0 Å².